The minimum atomic E-state index is 0.132. The zero-order valence-corrected chi connectivity index (χ0v) is 9.64. The Morgan fingerprint density at radius 3 is 2.73 bits per heavy atom. The molecule has 0 heterocycles. The molecule has 0 spiro atoms. The van der Waals surface area contributed by atoms with Gasteiger partial charge in [-0.2, -0.15) is 0 Å². The number of carbonyl (C=O) groups is 1. The second kappa shape index (κ2) is 3.86. The topological polar surface area (TPSA) is 29.1 Å². The van der Waals surface area contributed by atoms with Crippen molar-refractivity contribution in [3.63, 3.8) is 0 Å². The number of hydrogen-bond donors (Lipinski definition) is 1. The van der Waals surface area contributed by atoms with Gasteiger partial charge >= 0.3 is 0 Å². The van der Waals surface area contributed by atoms with Crippen LogP contribution in [0.4, 0.5) is 5.69 Å². The van der Waals surface area contributed by atoms with Crippen molar-refractivity contribution in [1.29, 1.82) is 0 Å². The molecule has 0 bridgehead atoms. The minimum absolute atomic E-state index is 0.132. The highest BCUT2D eigenvalue weighted by Gasteiger charge is 2.39. The van der Waals surface area contributed by atoms with E-state index in [0.29, 0.717) is 10.9 Å². The summed E-state index contributed by atoms with van der Waals surface area (Å²) in [7, 11) is 0. The quantitative estimate of drug-likeness (QED) is 0.820. The molecule has 0 radical (unpaired) electrons. The Balaban J connectivity index is 2.07. The van der Waals surface area contributed by atoms with Crippen molar-refractivity contribution in [1.82, 2.24) is 0 Å². The van der Waals surface area contributed by atoms with Gasteiger partial charge in [-0.3, -0.25) is 4.79 Å². The molecule has 2 rings (SSSR count). The normalized spacial score (nSPS) is 23.7. The van der Waals surface area contributed by atoms with Gasteiger partial charge in [-0.15, -0.1) is 0 Å². The summed E-state index contributed by atoms with van der Waals surface area (Å²) in [6.45, 7) is 4.04. The van der Waals surface area contributed by atoms with E-state index in [2.05, 4.69) is 12.2 Å². The first-order valence-electron chi connectivity index (χ1n) is 5.15. The molecule has 1 aliphatic rings. The molecule has 0 unspecified atom stereocenters. The predicted octanol–water partition coefficient (Wildman–Crippen LogP) is 3.24. The molecular formula is C12H14ClNO. The van der Waals surface area contributed by atoms with Gasteiger partial charge in [0, 0.05) is 16.6 Å². The third kappa shape index (κ3) is 2.32. The van der Waals surface area contributed by atoms with Crippen LogP contribution >= 0.6 is 11.6 Å². The first kappa shape index (κ1) is 10.5. The van der Waals surface area contributed by atoms with E-state index < -0.39 is 0 Å². The smallest absolute Gasteiger partial charge is 0.227 e. The number of carbonyl (C=O) groups excluding carboxylic acids is 1. The Morgan fingerprint density at radius 2 is 2.20 bits per heavy atom. The lowest BCUT2D eigenvalue weighted by molar-refractivity contribution is -0.117. The Kier molecular flexibility index (Phi) is 2.70. The van der Waals surface area contributed by atoms with E-state index in [9.17, 15) is 4.79 Å². The largest absolute Gasteiger partial charge is 0.326 e. The van der Waals surface area contributed by atoms with Gasteiger partial charge in [-0.05, 0) is 43.0 Å². The molecule has 2 atom stereocenters. The van der Waals surface area contributed by atoms with E-state index in [0.717, 1.165) is 17.7 Å². The van der Waals surface area contributed by atoms with Crippen molar-refractivity contribution < 1.29 is 4.79 Å². The Labute approximate surface area is 94.6 Å². The summed E-state index contributed by atoms with van der Waals surface area (Å²) < 4.78 is 0. The first-order valence-corrected chi connectivity index (χ1v) is 5.52. The number of anilines is 1. The van der Waals surface area contributed by atoms with Crippen LogP contribution in [-0.2, 0) is 4.79 Å². The fourth-order valence-corrected chi connectivity index (χ4v) is 1.91. The molecule has 0 aliphatic heterocycles. The number of hydrogen-bond acceptors (Lipinski definition) is 1. The average molecular weight is 224 g/mol. The maximum atomic E-state index is 11.7. The Morgan fingerprint density at radius 1 is 1.53 bits per heavy atom. The van der Waals surface area contributed by atoms with Gasteiger partial charge in [-0.1, -0.05) is 18.5 Å². The van der Waals surface area contributed by atoms with E-state index in [4.69, 9.17) is 11.6 Å². The third-order valence-corrected chi connectivity index (χ3v) is 3.13. The van der Waals surface area contributed by atoms with Gasteiger partial charge < -0.3 is 5.32 Å². The molecule has 1 amide bonds. The number of benzene rings is 1. The van der Waals surface area contributed by atoms with Crippen LogP contribution in [0, 0.1) is 18.8 Å². The molecule has 1 saturated carbocycles. The van der Waals surface area contributed by atoms with Crippen LogP contribution in [0.2, 0.25) is 5.02 Å². The van der Waals surface area contributed by atoms with Crippen molar-refractivity contribution in [3.8, 4) is 0 Å². The minimum Gasteiger partial charge on any atom is -0.326 e. The standard InChI is InChI=1S/C12H14ClNO/c1-7-6-10(7)12(15)14-11-4-3-9(13)5-8(11)2/h3-5,7,10H,6H2,1-2H3,(H,14,15)/t7-,10+/m1/s1. The molecule has 0 aromatic heterocycles. The van der Waals surface area contributed by atoms with Crippen LogP contribution in [0.3, 0.4) is 0 Å². The summed E-state index contributed by atoms with van der Waals surface area (Å²) in [5.74, 6) is 0.880. The molecule has 80 valence electrons. The van der Waals surface area contributed by atoms with Gasteiger partial charge in [0.2, 0.25) is 5.91 Å². The van der Waals surface area contributed by atoms with Crippen molar-refractivity contribution in [2.24, 2.45) is 11.8 Å². The molecule has 1 fully saturated rings. The monoisotopic (exact) mass is 223 g/mol. The third-order valence-electron chi connectivity index (χ3n) is 2.89. The lowest BCUT2D eigenvalue weighted by Crippen LogP contribution is -2.15. The van der Waals surface area contributed by atoms with Gasteiger partial charge in [0.1, 0.15) is 0 Å². The maximum Gasteiger partial charge on any atom is 0.227 e. The molecule has 15 heavy (non-hydrogen) atoms. The number of rotatable bonds is 2. The second-order valence-electron chi connectivity index (χ2n) is 4.27. The van der Waals surface area contributed by atoms with E-state index in [1.54, 1.807) is 6.07 Å². The Hall–Kier alpha value is -1.02. The van der Waals surface area contributed by atoms with Crippen LogP contribution in [0.25, 0.3) is 0 Å². The van der Waals surface area contributed by atoms with Crippen LogP contribution in [0.1, 0.15) is 18.9 Å². The lowest BCUT2D eigenvalue weighted by atomic mass is 10.2. The van der Waals surface area contributed by atoms with Crippen molar-refractivity contribution in [2.75, 3.05) is 5.32 Å². The fraction of sp³-hybridized carbons (Fsp3) is 0.417. The average Bonchev–Trinajstić information content (AvgIpc) is 2.88. The zero-order valence-electron chi connectivity index (χ0n) is 8.88. The van der Waals surface area contributed by atoms with Gasteiger partial charge in [0.05, 0.1) is 0 Å². The summed E-state index contributed by atoms with van der Waals surface area (Å²) in [5.41, 5.74) is 1.87. The number of aryl methyl sites for hydroxylation is 1. The van der Waals surface area contributed by atoms with Crippen LogP contribution in [0.5, 0.6) is 0 Å². The molecule has 1 aromatic carbocycles. The van der Waals surface area contributed by atoms with Crippen LogP contribution in [-0.4, -0.2) is 5.91 Å². The summed E-state index contributed by atoms with van der Waals surface area (Å²) in [6, 6.07) is 5.50. The maximum absolute atomic E-state index is 11.7. The number of nitrogens with one attached hydrogen (secondary N) is 1. The van der Waals surface area contributed by atoms with Gasteiger partial charge in [0.25, 0.3) is 0 Å². The summed E-state index contributed by atoms with van der Waals surface area (Å²) in [4.78, 5) is 11.7. The molecule has 0 saturated heterocycles. The summed E-state index contributed by atoms with van der Waals surface area (Å²) in [5, 5.41) is 3.63. The zero-order chi connectivity index (χ0) is 11.0. The Bertz CT molecular complexity index is 403. The molecule has 1 aliphatic carbocycles. The number of halogens is 1. The molecule has 1 N–H and O–H groups in total. The van der Waals surface area contributed by atoms with Crippen LogP contribution in [0.15, 0.2) is 18.2 Å². The van der Waals surface area contributed by atoms with E-state index in [1.807, 2.05) is 19.1 Å². The van der Waals surface area contributed by atoms with E-state index in [1.165, 1.54) is 0 Å². The van der Waals surface area contributed by atoms with Crippen molar-refractivity contribution >= 4 is 23.2 Å². The molecule has 1 aromatic rings. The lowest BCUT2D eigenvalue weighted by Gasteiger charge is -2.07. The van der Waals surface area contributed by atoms with Gasteiger partial charge in [0.15, 0.2) is 0 Å². The van der Waals surface area contributed by atoms with Gasteiger partial charge in [-0.25, -0.2) is 0 Å². The number of amides is 1. The summed E-state index contributed by atoms with van der Waals surface area (Å²) in [6.07, 6.45) is 1.01. The SMILES string of the molecule is Cc1cc(Cl)ccc1NC(=O)[C@H]1C[C@H]1C. The molecule has 3 heteroatoms. The predicted molar refractivity (Wildman–Crippen MR) is 62.1 cm³/mol. The van der Waals surface area contributed by atoms with E-state index >= 15 is 0 Å². The molecule has 2 nitrogen and oxygen atoms in total. The fourth-order valence-electron chi connectivity index (χ4n) is 1.68. The molecular weight excluding hydrogens is 210 g/mol. The second-order valence-corrected chi connectivity index (χ2v) is 4.70. The highest BCUT2D eigenvalue weighted by molar-refractivity contribution is 6.30. The van der Waals surface area contributed by atoms with E-state index in [-0.39, 0.29) is 11.8 Å². The highest BCUT2D eigenvalue weighted by atomic mass is 35.5. The summed E-state index contributed by atoms with van der Waals surface area (Å²) >= 11 is 5.84. The first-order chi connectivity index (χ1) is 7.08. The van der Waals surface area contributed by atoms with Crippen molar-refractivity contribution in [3.05, 3.63) is 28.8 Å². The highest BCUT2D eigenvalue weighted by Crippen LogP contribution is 2.38. The van der Waals surface area contributed by atoms with Crippen LogP contribution < -0.4 is 5.32 Å². The van der Waals surface area contributed by atoms with Crippen molar-refractivity contribution in [2.45, 2.75) is 20.3 Å².